The molecule has 4 heteroatoms. The van der Waals surface area contributed by atoms with Crippen LogP contribution in [0.25, 0.3) is 0 Å². The van der Waals surface area contributed by atoms with Crippen molar-refractivity contribution in [2.45, 2.75) is 40.7 Å². The molecular weight excluding hydrogens is 324 g/mol. The normalized spacial score (nSPS) is 16.8. The summed E-state index contributed by atoms with van der Waals surface area (Å²) in [7, 11) is 0. The molecule has 0 radical (unpaired) electrons. The van der Waals surface area contributed by atoms with Gasteiger partial charge < -0.3 is 10.2 Å². The number of hydrogen-bond acceptors (Lipinski definition) is 2. The van der Waals surface area contributed by atoms with Crippen LogP contribution in [0.5, 0.6) is 0 Å². The van der Waals surface area contributed by atoms with Crippen molar-refractivity contribution >= 4 is 17.5 Å². The van der Waals surface area contributed by atoms with Gasteiger partial charge in [-0.1, -0.05) is 47.5 Å². The second-order valence-corrected chi connectivity index (χ2v) is 7.36. The minimum absolute atomic E-state index is 0.0236. The van der Waals surface area contributed by atoms with E-state index in [4.69, 9.17) is 0 Å². The van der Waals surface area contributed by atoms with Crippen molar-refractivity contribution in [3.8, 4) is 0 Å². The maximum atomic E-state index is 12.5. The SMILES string of the molecule is Cc1ccc(CNC(=O)C2CC(=O)N(c3c(C)cc(C)cc3C)C2)cc1. The Morgan fingerprint density at radius 2 is 1.65 bits per heavy atom. The van der Waals surface area contributed by atoms with Gasteiger partial charge in [-0.15, -0.1) is 0 Å². The van der Waals surface area contributed by atoms with Crippen LogP contribution in [0.3, 0.4) is 0 Å². The molecule has 3 rings (SSSR count). The van der Waals surface area contributed by atoms with Crippen molar-refractivity contribution in [3.63, 3.8) is 0 Å². The van der Waals surface area contributed by atoms with Crippen molar-refractivity contribution in [1.29, 1.82) is 0 Å². The lowest BCUT2D eigenvalue weighted by molar-refractivity contribution is -0.126. The summed E-state index contributed by atoms with van der Waals surface area (Å²) in [5.41, 5.74) is 6.56. The molecule has 2 aromatic rings. The Balaban J connectivity index is 1.67. The second kappa shape index (κ2) is 7.32. The number of carbonyl (C=O) groups excluding carboxylic acids is 2. The van der Waals surface area contributed by atoms with Gasteiger partial charge in [0.15, 0.2) is 0 Å². The molecule has 2 amide bonds. The number of nitrogens with zero attached hydrogens (tertiary/aromatic N) is 1. The Morgan fingerprint density at radius 1 is 1.04 bits per heavy atom. The molecule has 1 heterocycles. The van der Waals surface area contributed by atoms with Gasteiger partial charge in [-0.2, -0.15) is 0 Å². The molecule has 0 bridgehead atoms. The number of benzene rings is 2. The molecule has 0 spiro atoms. The molecule has 1 saturated heterocycles. The molecule has 2 aromatic carbocycles. The molecule has 0 aliphatic carbocycles. The van der Waals surface area contributed by atoms with E-state index in [-0.39, 0.29) is 24.2 Å². The van der Waals surface area contributed by atoms with Crippen LogP contribution in [0.4, 0.5) is 5.69 Å². The summed E-state index contributed by atoms with van der Waals surface area (Å²) >= 11 is 0. The second-order valence-electron chi connectivity index (χ2n) is 7.36. The third-order valence-electron chi connectivity index (χ3n) is 4.99. The highest BCUT2D eigenvalue weighted by Crippen LogP contribution is 2.31. The minimum Gasteiger partial charge on any atom is -0.352 e. The average molecular weight is 350 g/mol. The van der Waals surface area contributed by atoms with Gasteiger partial charge in [0, 0.05) is 25.2 Å². The molecule has 0 saturated carbocycles. The van der Waals surface area contributed by atoms with Gasteiger partial charge >= 0.3 is 0 Å². The largest absolute Gasteiger partial charge is 0.352 e. The Kier molecular flexibility index (Phi) is 5.12. The molecule has 1 fully saturated rings. The fourth-order valence-corrected chi connectivity index (χ4v) is 3.74. The first-order valence-electron chi connectivity index (χ1n) is 9.06. The molecule has 0 aromatic heterocycles. The average Bonchev–Trinajstić information content (AvgIpc) is 2.95. The van der Waals surface area contributed by atoms with E-state index < -0.39 is 0 Å². The highest BCUT2D eigenvalue weighted by molar-refractivity contribution is 6.01. The van der Waals surface area contributed by atoms with Crippen molar-refractivity contribution in [1.82, 2.24) is 5.32 Å². The Labute approximate surface area is 155 Å². The molecule has 1 unspecified atom stereocenters. The quantitative estimate of drug-likeness (QED) is 0.916. The first-order chi connectivity index (χ1) is 12.3. The molecule has 4 nitrogen and oxygen atoms in total. The van der Waals surface area contributed by atoms with E-state index >= 15 is 0 Å². The van der Waals surface area contributed by atoms with Crippen LogP contribution in [-0.2, 0) is 16.1 Å². The fourth-order valence-electron chi connectivity index (χ4n) is 3.74. The summed E-state index contributed by atoms with van der Waals surface area (Å²) in [4.78, 5) is 26.9. The summed E-state index contributed by atoms with van der Waals surface area (Å²) in [6.07, 6.45) is 0.270. The molecule has 1 aliphatic rings. The number of amides is 2. The van der Waals surface area contributed by atoms with E-state index in [9.17, 15) is 9.59 Å². The van der Waals surface area contributed by atoms with E-state index in [2.05, 4.69) is 24.4 Å². The summed E-state index contributed by atoms with van der Waals surface area (Å²) < 4.78 is 0. The highest BCUT2D eigenvalue weighted by Gasteiger charge is 2.36. The van der Waals surface area contributed by atoms with Gasteiger partial charge in [-0.25, -0.2) is 0 Å². The summed E-state index contributed by atoms with van der Waals surface area (Å²) in [6.45, 7) is 9.07. The maximum Gasteiger partial charge on any atom is 0.227 e. The predicted octanol–water partition coefficient (Wildman–Crippen LogP) is 3.59. The van der Waals surface area contributed by atoms with Crippen LogP contribution in [0, 0.1) is 33.6 Å². The molecule has 1 N–H and O–H groups in total. The van der Waals surface area contributed by atoms with Crippen molar-refractivity contribution in [2.75, 3.05) is 11.4 Å². The summed E-state index contributed by atoms with van der Waals surface area (Å²) in [5, 5.41) is 2.97. The van der Waals surface area contributed by atoms with E-state index in [1.807, 2.05) is 45.0 Å². The van der Waals surface area contributed by atoms with Crippen molar-refractivity contribution in [3.05, 3.63) is 64.2 Å². The van der Waals surface area contributed by atoms with Gasteiger partial charge in [0.2, 0.25) is 11.8 Å². The summed E-state index contributed by atoms with van der Waals surface area (Å²) in [5.74, 6) is -0.326. The Hall–Kier alpha value is -2.62. The first-order valence-corrected chi connectivity index (χ1v) is 9.06. The van der Waals surface area contributed by atoms with Gasteiger partial charge in [-0.05, 0) is 44.4 Å². The lowest BCUT2D eigenvalue weighted by Crippen LogP contribution is -2.33. The minimum atomic E-state index is -0.298. The zero-order valence-electron chi connectivity index (χ0n) is 15.9. The third-order valence-corrected chi connectivity index (χ3v) is 4.99. The van der Waals surface area contributed by atoms with E-state index in [1.54, 1.807) is 4.90 Å². The smallest absolute Gasteiger partial charge is 0.227 e. The molecule has 26 heavy (non-hydrogen) atoms. The van der Waals surface area contributed by atoms with Crippen LogP contribution in [0.1, 0.15) is 34.2 Å². The zero-order valence-corrected chi connectivity index (χ0v) is 15.9. The number of hydrogen-bond donors (Lipinski definition) is 1. The molecule has 136 valence electrons. The Bertz CT molecular complexity index is 817. The van der Waals surface area contributed by atoms with Crippen LogP contribution in [0.15, 0.2) is 36.4 Å². The number of nitrogens with one attached hydrogen (secondary N) is 1. The van der Waals surface area contributed by atoms with Gasteiger partial charge in [0.25, 0.3) is 0 Å². The molecule has 1 atom stereocenters. The van der Waals surface area contributed by atoms with Gasteiger partial charge in [0.05, 0.1) is 5.92 Å². The van der Waals surface area contributed by atoms with Crippen molar-refractivity contribution < 1.29 is 9.59 Å². The molecular formula is C22H26N2O2. The van der Waals surface area contributed by atoms with Crippen molar-refractivity contribution in [2.24, 2.45) is 5.92 Å². The standard InChI is InChI=1S/C22H26N2O2/c1-14-5-7-18(8-6-14)12-23-22(26)19-11-20(25)24(13-19)21-16(3)9-15(2)10-17(21)4/h5-10,19H,11-13H2,1-4H3,(H,23,26). The third kappa shape index (κ3) is 3.79. The van der Waals surface area contributed by atoms with Crippen LogP contribution in [-0.4, -0.2) is 18.4 Å². The topological polar surface area (TPSA) is 49.4 Å². The van der Waals surface area contributed by atoms with Crippen LogP contribution >= 0.6 is 0 Å². The maximum absolute atomic E-state index is 12.5. The molecule has 1 aliphatic heterocycles. The van der Waals surface area contributed by atoms with Gasteiger partial charge in [0.1, 0.15) is 0 Å². The highest BCUT2D eigenvalue weighted by atomic mass is 16.2. The first kappa shape index (κ1) is 18.2. The number of aryl methyl sites for hydroxylation is 4. The monoisotopic (exact) mass is 350 g/mol. The van der Waals surface area contributed by atoms with E-state index in [0.717, 1.165) is 22.4 Å². The van der Waals surface area contributed by atoms with Crippen LogP contribution in [0.2, 0.25) is 0 Å². The number of anilines is 1. The van der Waals surface area contributed by atoms with E-state index in [0.29, 0.717) is 13.1 Å². The zero-order chi connectivity index (χ0) is 18.8. The Morgan fingerprint density at radius 3 is 2.27 bits per heavy atom. The predicted molar refractivity (Wildman–Crippen MR) is 104 cm³/mol. The number of carbonyl (C=O) groups is 2. The number of rotatable bonds is 4. The van der Waals surface area contributed by atoms with E-state index in [1.165, 1.54) is 11.1 Å². The van der Waals surface area contributed by atoms with Crippen LogP contribution < -0.4 is 10.2 Å². The van der Waals surface area contributed by atoms with Gasteiger partial charge in [-0.3, -0.25) is 9.59 Å². The summed E-state index contributed by atoms with van der Waals surface area (Å²) in [6, 6.07) is 12.3. The lowest BCUT2D eigenvalue weighted by atomic mass is 10.0. The lowest BCUT2D eigenvalue weighted by Gasteiger charge is -2.22. The fraction of sp³-hybridized carbons (Fsp3) is 0.364.